The number of anilines is 2. The van der Waals surface area contributed by atoms with E-state index in [1.807, 2.05) is 36.4 Å². The fourth-order valence-electron chi connectivity index (χ4n) is 2.71. The largest absolute Gasteiger partial charge is 0.383 e. The highest BCUT2D eigenvalue weighted by Crippen LogP contribution is 2.28. The molecule has 0 aliphatic rings. The molecule has 8 heteroatoms. The lowest BCUT2D eigenvalue weighted by molar-refractivity contribution is -0.136. The van der Waals surface area contributed by atoms with Crippen LogP contribution in [-0.4, -0.2) is 22.8 Å². The van der Waals surface area contributed by atoms with Crippen molar-refractivity contribution in [2.24, 2.45) is 0 Å². The highest BCUT2D eigenvalue weighted by molar-refractivity contribution is 7.12. The minimum atomic E-state index is -0.789. The van der Waals surface area contributed by atoms with E-state index in [1.165, 1.54) is 18.3 Å². The van der Waals surface area contributed by atoms with Gasteiger partial charge in [-0.15, -0.1) is 11.3 Å². The van der Waals surface area contributed by atoms with Crippen molar-refractivity contribution in [2.45, 2.75) is 19.6 Å². The molecular formula is C22H21N3O4S. The molecule has 0 spiro atoms. The second-order valence-corrected chi connectivity index (χ2v) is 7.71. The summed E-state index contributed by atoms with van der Waals surface area (Å²) in [6, 6.07) is 19.3. The van der Waals surface area contributed by atoms with E-state index in [2.05, 4.69) is 16.0 Å². The van der Waals surface area contributed by atoms with E-state index in [1.54, 1.807) is 30.3 Å². The van der Waals surface area contributed by atoms with Crippen LogP contribution in [0.25, 0.3) is 0 Å². The Hall–Kier alpha value is -3.49. The van der Waals surface area contributed by atoms with E-state index < -0.39 is 17.9 Å². The molecule has 2 aromatic carbocycles. The summed E-state index contributed by atoms with van der Waals surface area (Å²) in [5, 5.41) is 18.1. The molecule has 30 heavy (non-hydrogen) atoms. The molecule has 1 heterocycles. The number of carbonyl (C=O) groups excluding carboxylic acids is 3. The Kier molecular flexibility index (Phi) is 6.95. The molecule has 0 radical (unpaired) electrons. The van der Waals surface area contributed by atoms with E-state index in [9.17, 15) is 19.5 Å². The topological polar surface area (TPSA) is 108 Å². The number of aliphatic hydroxyl groups excluding tert-OH is 1. The van der Waals surface area contributed by atoms with Crippen molar-refractivity contribution < 1.29 is 19.5 Å². The van der Waals surface area contributed by atoms with E-state index in [0.29, 0.717) is 11.4 Å². The first kappa shape index (κ1) is 21.2. The number of amides is 3. The van der Waals surface area contributed by atoms with Gasteiger partial charge in [0.25, 0.3) is 0 Å². The van der Waals surface area contributed by atoms with Gasteiger partial charge in [0.15, 0.2) is 0 Å². The fourth-order valence-corrected chi connectivity index (χ4v) is 3.68. The molecule has 1 aromatic heterocycles. The Morgan fingerprint density at radius 1 is 0.867 bits per heavy atom. The zero-order valence-electron chi connectivity index (χ0n) is 16.2. The Labute approximate surface area is 177 Å². The number of aliphatic hydroxyl groups is 1. The van der Waals surface area contributed by atoms with Crippen LogP contribution in [0.15, 0.2) is 66.7 Å². The summed E-state index contributed by atoms with van der Waals surface area (Å²) in [4.78, 5) is 36.7. The third-order valence-electron chi connectivity index (χ3n) is 4.16. The second kappa shape index (κ2) is 9.82. The maximum absolute atomic E-state index is 12.1. The van der Waals surface area contributed by atoms with Gasteiger partial charge in [0.1, 0.15) is 6.10 Å². The number of rotatable bonds is 6. The molecule has 1 atom stereocenters. The number of carbonyl (C=O) groups is 3. The quantitative estimate of drug-likeness (QED) is 0.457. The van der Waals surface area contributed by atoms with Crippen LogP contribution in [0.1, 0.15) is 28.3 Å². The van der Waals surface area contributed by atoms with Gasteiger partial charge in [0.05, 0.1) is 6.54 Å². The van der Waals surface area contributed by atoms with Crippen LogP contribution >= 0.6 is 11.3 Å². The maximum atomic E-state index is 12.1. The van der Waals surface area contributed by atoms with Gasteiger partial charge in [-0.25, -0.2) is 0 Å². The summed E-state index contributed by atoms with van der Waals surface area (Å²) in [6.07, 6.45) is -0.732. The number of hydrogen-bond acceptors (Lipinski definition) is 5. The molecule has 3 aromatic rings. The van der Waals surface area contributed by atoms with Gasteiger partial charge >= 0.3 is 11.8 Å². The SMILES string of the molecule is CC(=O)Nc1ccc(NC(=O)C(=O)NCc2ccc(C(O)c3ccccc3)s2)cc1. The van der Waals surface area contributed by atoms with Crippen LogP contribution in [0.5, 0.6) is 0 Å². The smallest absolute Gasteiger partial charge is 0.313 e. The number of nitrogens with one attached hydrogen (secondary N) is 3. The minimum absolute atomic E-state index is 0.180. The summed E-state index contributed by atoms with van der Waals surface area (Å²) < 4.78 is 0. The van der Waals surface area contributed by atoms with Gasteiger partial charge < -0.3 is 21.1 Å². The predicted octanol–water partition coefficient (Wildman–Crippen LogP) is 3.04. The normalized spacial score (nSPS) is 11.4. The van der Waals surface area contributed by atoms with Gasteiger partial charge in [-0.1, -0.05) is 30.3 Å². The molecule has 0 fully saturated rings. The lowest BCUT2D eigenvalue weighted by atomic mass is 10.1. The summed E-state index contributed by atoms with van der Waals surface area (Å²) in [7, 11) is 0. The Morgan fingerprint density at radius 2 is 1.50 bits per heavy atom. The monoisotopic (exact) mass is 423 g/mol. The first-order valence-electron chi connectivity index (χ1n) is 9.21. The number of hydrogen-bond donors (Lipinski definition) is 4. The second-order valence-electron chi connectivity index (χ2n) is 6.51. The van der Waals surface area contributed by atoms with E-state index in [-0.39, 0.29) is 12.5 Å². The zero-order valence-corrected chi connectivity index (χ0v) is 17.0. The highest BCUT2D eigenvalue weighted by Gasteiger charge is 2.16. The van der Waals surface area contributed by atoms with E-state index in [4.69, 9.17) is 0 Å². The van der Waals surface area contributed by atoms with Crippen molar-refractivity contribution in [1.29, 1.82) is 0 Å². The molecule has 0 aliphatic carbocycles. The van der Waals surface area contributed by atoms with Crippen molar-refractivity contribution in [1.82, 2.24) is 5.32 Å². The molecule has 0 saturated heterocycles. The molecule has 154 valence electrons. The van der Waals surface area contributed by atoms with Gasteiger partial charge in [-0.05, 0) is 42.0 Å². The Balaban J connectivity index is 1.51. The standard InChI is InChI=1S/C22H21N3O4S/c1-14(26)24-16-7-9-17(10-8-16)25-22(29)21(28)23-13-18-11-12-19(30-18)20(27)15-5-3-2-4-6-15/h2-12,20,27H,13H2,1H3,(H,23,28)(H,24,26)(H,25,29). The van der Waals surface area contributed by atoms with Crippen LogP contribution in [0, 0.1) is 0 Å². The van der Waals surface area contributed by atoms with Gasteiger partial charge in [0, 0.05) is 28.1 Å². The molecular weight excluding hydrogens is 402 g/mol. The Bertz CT molecular complexity index is 1030. The summed E-state index contributed by atoms with van der Waals surface area (Å²) in [5.74, 6) is -1.75. The fraction of sp³-hybridized carbons (Fsp3) is 0.136. The van der Waals surface area contributed by atoms with Crippen molar-refractivity contribution in [2.75, 3.05) is 10.6 Å². The van der Waals surface area contributed by atoms with Crippen LogP contribution in [0.3, 0.4) is 0 Å². The van der Waals surface area contributed by atoms with Crippen molar-refractivity contribution in [3.8, 4) is 0 Å². The lowest BCUT2D eigenvalue weighted by Crippen LogP contribution is -2.34. The summed E-state index contributed by atoms with van der Waals surface area (Å²) >= 11 is 1.37. The first-order valence-corrected chi connectivity index (χ1v) is 10.0. The van der Waals surface area contributed by atoms with Crippen LogP contribution in [0.4, 0.5) is 11.4 Å². The number of thiophene rings is 1. The average molecular weight is 423 g/mol. The van der Waals surface area contributed by atoms with Gasteiger partial charge in [0.2, 0.25) is 5.91 Å². The first-order chi connectivity index (χ1) is 14.4. The number of benzene rings is 2. The molecule has 0 bridgehead atoms. The van der Waals surface area contributed by atoms with Crippen molar-refractivity contribution >= 4 is 40.4 Å². The predicted molar refractivity (Wildman–Crippen MR) is 116 cm³/mol. The molecule has 4 N–H and O–H groups in total. The molecule has 3 rings (SSSR count). The molecule has 3 amide bonds. The molecule has 7 nitrogen and oxygen atoms in total. The highest BCUT2D eigenvalue weighted by atomic mass is 32.1. The lowest BCUT2D eigenvalue weighted by Gasteiger charge is -2.08. The summed E-state index contributed by atoms with van der Waals surface area (Å²) in [6.45, 7) is 1.58. The maximum Gasteiger partial charge on any atom is 0.313 e. The van der Waals surface area contributed by atoms with Crippen LogP contribution < -0.4 is 16.0 Å². The zero-order chi connectivity index (χ0) is 21.5. The molecule has 0 saturated carbocycles. The van der Waals surface area contributed by atoms with Crippen molar-refractivity contribution in [3.05, 3.63) is 82.0 Å². The van der Waals surface area contributed by atoms with Crippen LogP contribution in [-0.2, 0) is 20.9 Å². The summed E-state index contributed by atoms with van der Waals surface area (Å²) in [5.41, 5.74) is 1.82. The Morgan fingerprint density at radius 3 is 2.13 bits per heavy atom. The van der Waals surface area contributed by atoms with E-state index >= 15 is 0 Å². The third-order valence-corrected chi connectivity index (χ3v) is 5.30. The third kappa shape index (κ3) is 5.76. The average Bonchev–Trinajstić information content (AvgIpc) is 3.22. The van der Waals surface area contributed by atoms with Gasteiger partial charge in [-0.3, -0.25) is 14.4 Å². The van der Waals surface area contributed by atoms with Crippen molar-refractivity contribution in [3.63, 3.8) is 0 Å². The molecule has 0 aliphatic heterocycles. The molecule has 1 unspecified atom stereocenters. The van der Waals surface area contributed by atoms with Crippen LogP contribution in [0.2, 0.25) is 0 Å². The minimum Gasteiger partial charge on any atom is -0.383 e. The van der Waals surface area contributed by atoms with Gasteiger partial charge in [-0.2, -0.15) is 0 Å². The van der Waals surface area contributed by atoms with E-state index in [0.717, 1.165) is 15.3 Å².